The van der Waals surface area contributed by atoms with Crippen LogP contribution in [0.3, 0.4) is 0 Å². The number of carbonyl (C=O) groups excluding carboxylic acids is 1. The van der Waals surface area contributed by atoms with Gasteiger partial charge < -0.3 is 24.4 Å². The van der Waals surface area contributed by atoms with Crippen LogP contribution in [0.2, 0.25) is 0 Å². The molecule has 0 amide bonds. The van der Waals surface area contributed by atoms with E-state index in [0.717, 1.165) is 6.08 Å². The van der Waals surface area contributed by atoms with Gasteiger partial charge in [-0.05, 0) is 6.92 Å². The summed E-state index contributed by atoms with van der Waals surface area (Å²) >= 11 is 0. The van der Waals surface area contributed by atoms with E-state index in [4.69, 9.17) is 14.6 Å². The highest BCUT2D eigenvalue weighted by atomic mass is 16.6. The fourth-order valence-corrected chi connectivity index (χ4v) is 0.876. The van der Waals surface area contributed by atoms with Gasteiger partial charge in [-0.2, -0.15) is 0 Å². The predicted molar refractivity (Wildman–Crippen MR) is 60.5 cm³/mol. The van der Waals surface area contributed by atoms with Crippen LogP contribution < -0.4 is 0 Å². The highest BCUT2D eigenvalue weighted by Gasteiger charge is 2.06. The predicted octanol–water partition coefficient (Wildman–Crippen LogP) is -0.510. The summed E-state index contributed by atoms with van der Waals surface area (Å²) in [6.45, 7) is 5.68. The monoisotopic (exact) mass is 248 g/mol. The molecule has 0 aromatic rings. The minimum absolute atomic E-state index is 0.0580. The van der Waals surface area contributed by atoms with Crippen molar-refractivity contribution in [2.45, 2.75) is 19.1 Å². The topological polar surface area (TPSA) is 85.2 Å². The fourth-order valence-electron chi connectivity index (χ4n) is 0.876. The number of rotatable bonds is 10. The van der Waals surface area contributed by atoms with Crippen LogP contribution in [0.15, 0.2) is 12.7 Å². The second kappa shape index (κ2) is 10.2. The van der Waals surface area contributed by atoms with Gasteiger partial charge >= 0.3 is 5.97 Å². The molecule has 2 unspecified atom stereocenters. The van der Waals surface area contributed by atoms with Gasteiger partial charge in [-0.3, -0.25) is 0 Å². The summed E-state index contributed by atoms with van der Waals surface area (Å²) in [5.41, 5.74) is 0. The molecule has 2 atom stereocenters. The zero-order valence-corrected chi connectivity index (χ0v) is 10.0. The lowest BCUT2D eigenvalue weighted by molar-refractivity contribution is -0.142. The first-order chi connectivity index (χ1) is 8.06. The molecule has 0 aromatic heterocycles. The maximum Gasteiger partial charge on any atom is 0.330 e. The van der Waals surface area contributed by atoms with Gasteiger partial charge in [0.15, 0.2) is 0 Å². The minimum Gasteiger partial charge on any atom is -0.460 e. The molecule has 0 saturated carbocycles. The van der Waals surface area contributed by atoms with Gasteiger partial charge in [-0.15, -0.1) is 0 Å². The number of carbonyl (C=O) groups is 1. The number of aliphatic hydroxyl groups is 2. The molecule has 0 fully saturated rings. The van der Waals surface area contributed by atoms with Crippen LogP contribution in [-0.4, -0.2) is 61.4 Å². The Labute approximate surface area is 101 Å². The average Bonchev–Trinajstić information content (AvgIpc) is 2.30. The van der Waals surface area contributed by atoms with Crippen molar-refractivity contribution in [3.63, 3.8) is 0 Å². The van der Waals surface area contributed by atoms with E-state index in [2.05, 4.69) is 11.3 Å². The maximum atomic E-state index is 10.7. The highest BCUT2D eigenvalue weighted by molar-refractivity contribution is 5.81. The summed E-state index contributed by atoms with van der Waals surface area (Å²) in [6, 6.07) is 0. The first kappa shape index (κ1) is 16.1. The number of hydrogen-bond donors (Lipinski definition) is 2. The maximum absolute atomic E-state index is 10.7. The Balaban J connectivity index is 3.30. The van der Waals surface area contributed by atoms with Crippen molar-refractivity contribution in [1.82, 2.24) is 0 Å². The van der Waals surface area contributed by atoms with Crippen LogP contribution in [0, 0.1) is 0 Å². The van der Waals surface area contributed by atoms with E-state index < -0.39 is 18.2 Å². The van der Waals surface area contributed by atoms with Crippen LogP contribution in [-0.2, 0) is 19.0 Å². The van der Waals surface area contributed by atoms with Crippen LogP contribution in [0.25, 0.3) is 0 Å². The second-order valence-corrected chi connectivity index (χ2v) is 3.49. The van der Waals surface area contributed by atoms with Gasteiger partial charge in [0.05, 0.1) is 32.5 Å². The number of aliphatic hydroxyl groups excluding tert-OH is 2. The lowest BCUT2D eigenvalue weighted by atomic mass is 10.4. The molecule has 0 spiro atoms. The van der Waals surface area contributed by atoms with Crippen LogP contribution >= 0.6 is 0 Å². The third-order valence-electron chi connectivity index (χ3n) is 1.63. The second-order valence-electron chi connectivity index (χ2n) is 3.49. The zero-order valence-electron chi connectivity index (χ0n) is 10.0. The molecule has 100 valence electrons. The number of esters is 1. The molecule has 6 nitrogen and oxygen atoms in total. The van der Waals surface area contributed by atoms with Crippen molar-refractivity contribution in [1.29, 1.82) is 0 Å². The van der Waals surface area contributed by atoms with Gasteiger partial charge in [0, 0.05) is 6.08 Å². The summed E-state index contributed by atoms with van der Waals surface area (Å²) in [6.07, 6.45) is -0.341. The first-order valence-electron chi connectivity index (χ1n) is 5.37. The summed E-state index contributed by atoms with van der Waals surface area (Å²) in [5.74, 6) is -0.579. The van der Waals surface area contributed by atoms with E-state index in [1.807, 2.05) is 0 Å². The van der Waals surface area contributed by atoms with Gasteiger partial charge in [0.1, 0.15) is 12.7 Å². The molecular formula is C11H20O6. The lowest BCUT2D eigenvalue weighted by Crippen LogP contribution is -2.24. The Morgan fingerprint density at radius 1 is 1.24 bits per heavy atom. The summed E-state index contributed by atoms with van der Waals surface area (Å²) in [7, 11) is 0. The molecule has 0 saturated heterocycles. The van der Waals surface area contributed by atoms with Crippen molar-refractivity contribution in [2.24, 2.45) is 0 Å². The molecule has 0 aromatic carbocycles. The third-order valence-corrected chi connectivity index (χ3v) is 1.63. The molecule has 0 aliphatic rings. The van der Waals surface area contributed by atoms with Gasteiger partial charge in [-0.1, -0.05) is 6.58 Å². The highest BCUT2D eigenvalue weighted by Crippen LogP contribution is 1.90. The van der Waals surface area contributed by atoms with Crippen molar-refractivity contribution in [3.05, 3.63) is 12.7 Å². The van der Waals surface area contributed by atoms with E-state index in [0.29, 0.717) is 13.2 Å². The third kappa shape index (κ3) is 11.3. The molecule has 0 bridgehead atoms. The standard InChI is InChI=1S/C11H20O6/c1-3-11(14)17-8-10(13)7-16-5-4-15-6-9(2)12/h3,9-10,12-13H,1,4-8H2,2H3. The SMILES string of the molecule is C=CC(=O)OCC(O)COCCOCC(C)O. The van der Waals surface area contributed by atoms with Crippen molar-refractivity contribution >= 4 is 5.97 Å². The molecule has 2 N–H and O–H groups in total. The summed E-state index contributed by atoms with van der Waals surface area (Å²) in [5, 5.41) is 18.2. The van der Waals surface area contributed by atoms with Gasteiger partial charge in [0.25, 0.3) is 0 Å². The largest absolute Gasteiger partial charge is 0.460 e. The van der Waals surface area contributed by atoms with Crippen molar-refractivity contribution < 1.29 is 29.2 Å². The number of hydrogen-bond acceptors (Lipinski definition) is 6. The molecule has 0 aliphatic carbocycles. The smallest absolute Gasteiger partial charge is 0.330 e. The van der Waals surface area contributed by atoms with Crippen molar-refractivity contribution in [3.8, 4) is 0 Å². The van der Waals surface area contributed by atoms with E-state index in [1.54, 1.807) is 6.92 Å². The summed E-state index contributed by atoms with van der Waals surface area (Å²) < 4.78 is 14.7. The van der Waals surface area contributed by atoms with Crippen LogP contribution in [0.5, 0.6) is 0 Å². The van der Waals surface area contributed by atoms with Crippen LogP contribution in [0.1, 0.15) is 6.92 Å². The zero-order chi connectivity index (χ0) is 13.1. The molecule has 6 heteroatoms. The molecule has 0 aliphatic heterocycles. The van der Waals surface area contributed by atoms with E-state index >= 15 is 0 Å². The van der Waals surface area contributed by atoms with E-state index in [9.17, 15) is 9.90 Å². The number of ether oxygens (including phenoxy) is 3. The molecule has 0 rings (SSSR count). The minimum atomic E-state index is -0.865. The quantitative estimate of drug-likeness (QED) is 0.308. The Morgan fingerprint density at radius 2 is 1.82 bits per heavy atom. The molecular weight excluding hydrogens is 228 g/mol. The van der Waals surface area contributed by atoms with E-state index in [1.165, 1.54) is 0 Å². The van der Waals surface area contributed by atoms with E-state index in [-0.39, 0.29) is 19.8 Å². The van der Waals surface area contributed by atoms with Gasteiger partial charge in [0.2, 0.25) is 0 Å². The molecule has 0 radical (unpaired) electrons. The van der Waals surface area contributed by atoms with Crippen molar-refractivity contribution in [2.75, 3.05) is 33.0 Å². The first-order valence-corrected chi connectivity index (χ1v) is 5.37. The Morgan fingerprint density at radius 3 is 2.35 bits per heavy atom. The Hall–Kier alpha value is -0.950. The summed E-state index contributed by atoms with van der Waals surface area (Å²) in [4.78, 5) is 10.7. The Bertz CT molecular complexity index is 216. The normalized spacial score (nSPS) is 14.1. The molecule has 17 heavy (non-hydrogen) atoms. The Kier molecular flexibility index (Phi) is 9.65. The lowest BCUT2D eigenvalue weighted by Gasteiger charge is -2.11. The fraction of sp³-hybridized carbons (Fsp3) is 0.727. The average molecular weight is 248 g/mol. The molecule has 0 heterocycles. The van der Waals surface area contributed by atoms with Crippen LogP contribution in [0.4, 0.5) is 0 Å². The van der Waals surface area contributed by atoms with Gasteiger partial charge in [-0.25, -0.2) is 4.79 Å².